The lowest BCUT2D eigenvalue weighted by molar-refractivity contribution is -0.294. The van der Waals surface area contributed by atoms with Crippen LogP contribution in [0.5, 0.6) is 0 Å². The summed E-state index contributed by atoms with van der Waals surface area (Å²) < 4.78 is 82.8. The van der Waals surface area contributed by atoms with Crippen LogP contribution in [0.3, 0.4) is 0 Å². The van der Waals surface area contributed by atoms with E-state index >= 15 is 0 Å². The molecule has 27 heavy (non-hydrogen) atoms. The summed E-state index contributed by atoms with van der Waals surface area (Å²) in [6.07, 6.45) is -10.2. The van der Waals surface area contributed by atoms with Crippen molar-refractivity contribution in [3.63, 3.8) is 0 Å². The molecule has 0 radical (unpaired) electrons. The zero-order valence-electron chi connectivity index (χ0n) is 13.6. The molecule has 6 nitrogen and oxygen atoms in total. The molecule has 1 heterocycles. The number of alkyl halides is 6. The molecule has 1 aromatic carbocycles. The van der Waals surface area contributed by atoms with Crippen molar-refractivity contribution in [2.45, 2.75) is 31.0 Å². The van der Waals surface area contributed by atoms with Crippen LogP contribution >= 0.6 is 0 Å². The summed E-state index contributed by atoms with van der Waals surface area (Å²) in [5, 5.41) is 13.3. The third-order valence-electron chi connectivity index (χ3n) is 3.94. The van der Waals surface area contributed by atoms with Crippen LogP contribution in [0.1, 0.15) is 24.1 Å². The molecule has 12 heteroatoms. The smallest absolute Gasteiger partial charge is 0.437 e. The molecule has 0 aliphatic carbocycles. The quantitative estimate of drug-likeness (QED) is 0.538. The third-order valence-corrected chi connectivity index (χ3v) is 3.94. The molecule has 1 aliphatic heterocycles. The molecule has 3 atom stereocenters. The normalized spacial score (nSPS) is 26.1. The van der Waals surface area contributed by atoms with Crippen LogP contribution < -0.4 is 10.6 Å². The number of benzene rings is 1. The zero-order valence-corrected chi connectivity index (χ0v) is 13.6. The van der Waals surface area contributed by atoms with E-state index in [4.69, 9.17) is 0 Å². The van der Waals surface area contributed by atoms with Gasteiger partial charge < -0.3 is 20.5 Å². The van der Waals surface area contributed by atoms with E-state index in [1.807, 2.05) is 5.32 Å². The average Bonchev–Trinajstić information content (AvgIpc) is 2.52. The molecule has 0 bridgehead atoms. The Morgan fingerprint density at radius 1 is 1.19 bits per heavy atom. The molecule has 1 saturated heterocycles. The number of amides is 2. The van der Waals surface area contributed by atoms with Gasteiger partial charge in [-0.15, -0.1) is 0 Å². The molecular weight excluding hydrogens is 386 g/mol. The van der Waals surface area contributed by atoms with Gasteiger partial charge in [-0.25, -0.2) is 4.79 Å². The number of nitrogens with one attached hydrogen (secondary N) is 2. The molecular formula is C15H14F6N2O4. The Morgan fingerprint density at radius 2 is 1.74 bits per heavy atom. The molecule has 1 aromatic rings. The number of carbonyl (C=O) groups is 2. The van der Waals surface area contributed by atoms with Gasteiger partial charge >= 0.3 is 24.4 Å². The molecule has 0 spiro atoms. The van der Waals surface area contributed by atoms with E-state index in [2.05, 4.69) is 4.74 Å². The van der Waals surface area contributed by atoms with Gasteiger partial charge in [-0.1, -0.05) is 12.1 Å². The molecule has 0 saturated carbocycles. The van der Waals surface area contributed by atoms with Gasteiger partial charge in [0.15, 0.2) is 0 Å². The number of hydrogen-bond donors (Lipinski definition) is 3. The molecule has 0 unspecified atom stereocenters. The van der Waals surface area contributed by atoms with Crippen LogP contribution in [0, 0.1) is 5.92 Å². The van der Waals surface area contributed by atoms with Gasteiger partial charge in [0.25, 0.3) is 5.72 Å². The zero-order chi connectivity index (χ0) is 20.6. The lowest BCUT2D eigenvalue weighted by atomic mass is 9.82. The Morgan fingerprint density at radius 3 is 2.19 bits per heavy atom. The highest BCUT2D eigenvalue weighted by molar-refractivity contribution is 5.83. The summed E-state index contributed by atoms with van der Waals surface area (Å²) in [4.78, 5) is 23.8. The molecule has 3 N–H and O–H groups in total. The maximum Gasteiger partial charge on any atom is 0.437 e. The summed E-state index contributed by atoms with van der Waals surface area (Å²) in [7, 11) is 0. The van der Waals surface area contributed by atoms with E-state index in [0.717, 1.165) is 12.1 Å². The van der Waals surface area contributed by atoms with Gasteiger partial charge in [-0.3, -0.25) is 4.79 Å². The van der Waals surface area contributed by atoms with Crippen LogP contribution in [-0.2, 0) is 15.7 Å². The lowest BCUT2D eigenvalue weighted by Crippen LogP contribution is -2.73. The number of rotatable bonds is 3. The van der Waals surface area contributed by atoms with Gasteiger partial charge in [0.2, 0.25) is 0 Å². The summed E-state index contributed by atoms with van der Waals surface area (Å²) in [6.45, 7) is 0.990. The van der Waals surface area contributed by atoms with Gasteiger partial charge in [-0.2, -0.15) is 26.3 Å². The molecule has 2 amide bonds. The number of ether oxygens (including phenoxy) is 1. The monoisotopic (exact) mass is 400 g/mol. The summed E-state index contributed by atoms with van der Waals surface area (Å²) in [6, 6.07) is -0.465. The van der Waals surface area contributed by atoms with Crippen molar-refractivity contribution in [1.29, 1.82) is 0 Å². The molecule has 0 aromatic heterocycles. The van der Waals surface area contributed by atoms with Crippen LogP contribution in [0.25, 0.3) is 0 Å². The van der Waals surface area contributed by atoms with Crippen molar-refractivity contribution in [2.24, 2.45) is 5.92 Å². The SMILES string of the molecule is CCOC(=O)[C@@H]1[C@H](c2ccc(C(F)(F)F)cc2)NC(=O)N[C@]1(O)C(F)(F)F. The molecule has 150 valence electrons. The van der Waals surface area contributed by atoms with Gasteiger partial charge in [0, 0.05) is 0 Å². The number of hydrogen-bond acceptors (Lipinski definition) is 4. The maximum absolute atomic E-state index is 13.4. The fraction of sp³-hybridized carbons (Fsp3) is 0.467. The van der Waals surface area contributed by atoms with E-state index in [9.17, 15) is 41.0 Å². The number of esters is 1. The van der Waals surface area contributed by atoms with Crippen molar-refractivity contribution in [3.8, 4) is 0 Å². The van der Waals surface area contributed by atoms with Crippen molar-refractivity contribution >= 4 is 12.0 Å². The third kappa shape index (κ3) is 3.94. The Bertz CT molecular complexity index is 719. The minimum absolute atomic E-state index is 0.251. The number of halogens is 6. The topological polar surface area (TPSA) is 87.7 Å². The summed E-state index contributed by atoms with van der Waals surface area (Å²) >= 11 is 0. The highest BCUT2D eigenvalue weighted by atomic mass is 19.4. The second-order valence-corrected chi connectivity index (χ2v) is 5.69. The first kappa shape index (κ1) is 20.8. The van der Waals surface area contributed by atoms with E-state index in [-0.39, 0.29) is 12.2 Å². The van der Waals surface area contributed by atoms with Crippen molar-refractivity contribution in [2.75, 3.05) is 6.61 Å². The first-order valence-electron chi connectivity index (χ1n) is 7.53. The van der Waals surface area contributed by atoms with Gasteiger partial charge in [0.05, 0.1) is 18.2 Å². The molecule has 1 fully saturated rings. The summed E-state index contributed by atoms with van der Waals surface area (Å²) in [5.74, 6) is -3.89. The van der Waals surface area contributed by atoms with Gasteiger partial charge in [0.1, 0.15) is 5.92 Å². The van der Waals surface area contributed by atoms with Crippen molar-refractivity contribution in [3.05, 3.63) is 35.4 Å². The highest BCUT2D eigenvalue weighted by Crippen LogP contribution is 2.43. The highest BCUT2D eigenvalue weighted by Gasteiger charge is 2.67. The van der Waals surface area contributed by atoms with Crippen LogP contribution in [0.2, 0.25) is 0 Å². The Kier molecular flexibility index (Phi) is 5.32. The first-order chi connectivity index (χ1) is 12.3. The number of carbonyl (C=O) groups excluding carboxylic acids is 2. The van der Waals surface area contributed by atoms with E-state index in [1.165, 1.54) is 12.2 Å². The van der Waals surface area contributed by atoms with E-state index < -0.39 is 47.6 Å². The lowest BCUT2D eigenvalue weighted by Gasteiger charge is -2.44. The van der Waals surface area contributed by atoms with Crippen molar-refractivity contribution in [1.82, 2.24) is 10.6 Å². The van der Waals surface area contributed by atoms with E-state index in [1.54, 1.807) is 0 Å². The summed E-state index contributed by atoms with van der Waals surface area (Å²) in [5.41, 5.74) is -5.31. The predicted octanol–water partition coefficient (Wildman–Crippen LogP) is 2.49. The van der Waals surface area contributed by atoms with Crippen LogP contribution in [0.15, 0.2) is 24.3 Å². The maximum atomic E-state index is 13.4. The number of urea groups is 1. The van der Waals surface area contributed by atoms with Crippen molar-refractivity contribution < 1.29 is 45.8 Å². The van der Waals surface area contributed by atoms with E-state index in [0.29, 0.717) is 12.1 Å². The van der Waals surface area contributed by atoms with Gasteiger partial charge in [-0.05, 0) is 24.6 Å². The average molecular weight is 400 g/mol. The minimum Gasteiger partial charge on any atom is -0.466 e. The second kappa shape index (κ2) is 6.91. The first-order valence-corrected chi connectivity index (χ1v) is 7.53. The Balaban J connectivity index is 2.53. The number of aliphatic hydroxyl groups is 1. The fourth-order valence-corrected chi connectivity index (χ4v) is 2.69. The predicted molar refractivity (Wildman–Crippen MR) is 77.0 cm³/mol. The minimum atomic E-state index is -5.47. The fourth-order valence-electron chi connectivity index (χ4n) is 2.69. The van der Waals surface area contributed by atoms with Crippen LogP contribution in [0.4, 0.5) is 31.1 Å². The molecule has 2 rings (SSSR count). The molecule has 1 aliphatic rings. The standard InChI is InChI=1S/C15H14F6N2O4/c1-2-27-11(24)9-10(7-3-5-8(6-4-7)14(16,17)18)22-12(25)23-13(9,26)15(19,20)21/h3-6,9-10,26H,2H2,1H3,(H2,22,23,25)/t9-,10-,13+/m0/s1. The van der Waals surface area contributed by atoms with Crippen LogP contribution in [-0.4, -0.2) is 35.6 Å². The Hall–Kier alpha value is -2.50. The Labute approximate surface area is 148 Å². The largest absolute Gasteiger partial charge is 0.466 e. The second-order valence-electron chi connectivity index (χ2n) is 5.69.